The van der Waals surface area contributed by atoms with Crippen LogP contribution in [0.3, 0.4) is 0 Å². The first-order valence-corrected chi connectivity index (χ1v) is 5.73. The molecule has 3 aromatic rings. The van der Waals surface area contributed by atoms with Gasteiger partial charge in [-0.1, -0.05) is 41.9 Å². The molecule has 0 unspecified atom stereocenters. The molecule has 0 fully saturated rings. The molecule has 5 heteroatoms. The van der Waals surface area contributed by atoms with Crippen LogP contribution in [0.25, 0.3) is 5.65 Å². The lowest BCUT2D eigenvalue weighted by atomic mass is 10.1. The summed E-state index contributed by atoms with van der Waals surface area (Å²) in [6.45, 7) is 0. The number of carbonyl (C=O) groups excluding carboxylic acids is 1. The average molecular weight is 258 g/mol. The van der Waals surface area contributed by atoms with Crippen LogP contribution >= 0.6 is 11.6 Å². The third kappa shape index (κ3) is 1.76. The first-order valence-electron chi connectivity index (χ1n) is 5.36. The number of benzene rings is 1. The Bertz CT molecular complexity index is 721. The standard InChI is InChI=1S/C13H8ClN3O/c14-11-6-7-12-15-8-10(17(12)16-11)13(18)9-4-2-1-3-5-9/h1-8H. The highest BCUT2D eigenvalue weighted by atomic mass is 35.5. The molecule has 0 aliphatic carbocycles. The van der Waals surface area contributed by atoms with Crippen LogP contribution in [-0.2, 0) is 0 Å². The van der Waals surface area contributed by atoms with E-state index in [4.69, 9.17) is 11.6 Å². The maximum atomic E-state index is 12.3. The first kappa shape index (κ1) is 10.9. The van der Waals surface area contributed by atoms with Crippen molar-refractivity contribution >= 4 is 23.0 Å². The molecular weight excluding hydrogens is 250 g/mol. The fourth-order valence-corrected chi connectivity index (χ4v) is 1.88. The average Bonchev–Trinajstić information content (AvgIpc) is 2.82. The molecule has 3 rings (SSSR count). The Morgan fingerprint density at radius 1 is 1.11 bits per heavy atom. The van der Waals surface area contributed by atoms with Gasteiger partial charge in [-0.3, -0.25) is 4.79 Å². The van der Waals surface area contributed by atoms with E-state index in [0.717, 1.165) is 0 Å². The number of hydrogen-bond donors (Lipinski definition) is 0. The van der Waals surface area contributed by atoms with Crippen molar-refractivity contribution in [1.29, 1.82) is 0 Å². The summed E-state index contributed by atoms with van der Waals surface area (Å²) in [5.74, 6) is -0.127. The number of rotatable bonds is 2. The molecule has 0 amide bonds. The van der Waals surface area contributed by atoms with Crippen molar-refractivity contribution in [3.05, 3.63) is 65.1 Å². The van der Waals surface area contributed by atoms with Crippen molar-refractivity contribution in [3.8, 4) is 0 Å². The summed E-state index contributed by atoms with van der Waals surface area (Å²) in [6, 6.07) is 12.4. The van der Waals surface area contributed by atoms with E-state index in [1.54, 1.807) is 24.3 Å². The highest BCUT2D eigenvalue weighted by Gasteiger charge is 2.14. The Kier molecular flexibility index (Phi) is 2.57. The molecule has 0 atom stereocenters. The second-order valence-corrected chi connectivity index (χ2v) is 4.15. The topological polar surface area (TPSA) is 47.3 Å². The molecule has 18 heavy (non-hydrogen) atoms. The highest BCUT2D eigenvalue weighted by molar-refractivity contribution is 6.29. The van der Waals surface area contributed by atoms with Crippen molar-refractivity contribution in [2.75, 3.05) is 0 Å². The van der Waals surface area contributed by atoms with E-state index in [1.807, 2.05) is 18.2 Å². The third-order valence-corrected chi connectivity index (χ3v) is 2.80. The molecule has 0 saturated carbocycles. The zero-order valence-electron chi connectivity index (χ0n) is 9.25. The summed E-state index contributed by atoms with van der Waals surface area (Å²) in [7, 11) is 0. The highest BCUT2D eigenvalue weighted by Crippen LogP contribution is 2.13. The van der Waals surface area contributed by atoms with E-state index in [2.05, 4.69) is 10.1 Å². The van der Waals surface area contributed by atoms with Gasteiger partial charge in [0.05, 0.1) is 6.20 Å². The van der Waals surface area contributed by atoms with Gasteiger partial charge in [0.25, 0.3) is 0 Å². The van der Waals surface area contributed by atoms with Crippen molar-refractivity contribution in [2.24, 2.45) is 0 Å². The lowest BCUT2D eigenvalue weighted by Crippen LogP contribution is -2.07. The predicted octanol–water partition coefficient (Wildman–Crippen LogP) is 2.61. The van der Waals surface area contributed by atoms with Crippen LogP contribution in [0, 0.1) is 0 Å². The molecule has 0 spiro atoms. The molecule has 88 valence electrons. The number of hydrogen-bond acceptors (Lipinski definition) is 3. The second kappa shape index (κ2) is 4.23. The van der Waals surface area contributed by atoms with Gasteiger partial charge in [-0.25, -0.2) is 9.50 Å². The SMILES string of the molecule is O=C(c1ccccc1)c1cnc2ccc(Cl)nn12. The number of aromatic nitrogens is 3. The van der Waals surface area contributed by atoms with Gasteiger partial charge in [0, 0.05) is 5.56 Å². The minimum atomic E-state index is -0.127. The van der Waals surface area contributed by atoms with E-state index in [-0.39, 0.29) is 5.78 Å². The molecule has 4 nitrogen and oxygen atoms in total. The molecule has 0 aliphatic heterocycles. The van der Waals surface area contributed by atoms with Crippen molar-refractivity contribution in [1.82, 2.24) is 14.6 Å². The second-order valence-electron chi connectivity index (χ2n) is 3.76. The first-order chi connectivity index (χ1) is 8.75. The van der Waals surface area contributed by atoms with E-state index in [1.165, 1.54) is 10.7 Å². The van der Waals surface area contributed by atoms with Gasteiger partial charge in [-0.2, -0.15) is 5.10 Å². The minimum Gasteiger partial charge on any atom is -0.287 e. The zero-order valence-corrected chi connectivity index (χ0v) is 10.0. The van der Waals surface area contributed by atoms with Crippen molar-refractivity contribution in [2.45, 2.75) is 0 Å². The molecule has 0 bridgehead atoms. The largest absolute Gasteiger partial charge is 0.287 e. The van der Waals surface area contributed by atoms with Gasteiger partial charge in [-0.05, 0) is 12.1 Å². The van der Waals surface area contributed by atoms with Crippen LogP contribution in [0.15, 0.2) is 48.7 Å². The summed E-state index contributed by atoms with van der Waals surface area (Å²) in [5.41, 5.74) is 1.60. The molecule has 2 heterocycles. The number of halogens is 1. The molecular formula is C13H8ClN3O. The number of fused-ring (bicyclic) bond motifs is 1. The van der Waals surface area contributed by atoms with Crippen LogP contribution in [0.1, 0.15) is 16.1 Å². The van der Waals surface area contributed by atoms with Crippen LogP contribution < -0.4 is 0 Å². The minimum absolute atomic E-state index is 0.127. The van der Waals surface area contributed by atoms with E-state index >= 15 is 0 Å². The fourth-order valence-electron chi connectivity index (χ4n) is 1.74. The molecule has 0 radical (unpaired) electrons. The van der Waals surface area contributed by atoms with Gasteiger partial charge in [0.2, 0.25) is 5.78 Å². The lowest BCUT2D eigenvalue weighted by molar-refractivity contribution is 0.103. The van der Waals surface area contributed by atoms with E-state index < -0.39 is 0 Å². The van der Waals surface area contributed by atoms with Gasteiger partial charge in [-0.15, -0.1) is 0 Å². The van der Waals surface area contributed by atoms with Crippen LogP contribution in [-0.4, -0.2) is 20.4 Å². The molecule has 0 saturated heterocycles. The summed E-state index contributed by atoms with van der Waals surface area (Å²) >= 11 is 5.83. The van der Waals surface area contributed by atoms with Crippen molar-refractivity contribution < 1.29 is 4.79 Å². The summed E-state index contributed by atoms with van der Waals surface area (Å²) in [4.78, 5) is 16.4. The number of ketones is 1. The molecule has 0 aliphatic rings. The number of imidazole rings is 1. The van der Waals surface area contributed by atoms with Gasteiger partial charge in [0.15, 0.2) is 5.65 Å². The normalized spacial score (nSPS) is 10.7. The number of carbonyl (C=O) groups is 1. The van der Waals surface area contributed by atoms with Crippen LogP contribution in [0.5, 0.6) is 0 Å². The van der Waals surface area contributed by atoms with Gasteiger partial charge in [0.1, 0.15) is 10.8 Å². The predicted molar refractivity (Wildman–Crippen MR) is 67.9 cm³/mol. The van der Waals surface area contributed by atoms with Gasteiger partial charge >= 0.3 is 0 Å². The summed E-state index contributed by atoms with van der Waals surface area (Å²) in [5, 5.41) is 4.40. The Labute approximate surface area is 108 Å². The Hall–Kier alpha value is -2.20. The molecule has 2 aromatic heterocycles. The Morgan fingerprint density at radius 3 is 2.67 bits per heavy atom. The Balaban J connectivity index is 2.15. The maximum absolute atomic E-state index is 12.3. The number of nitrogens with zero attached hydrogens (tertiary/aromatic N) is 3. The molecule has 1 aromatic carbocycles. The third-order valence-electron chi connectivity index (χ3n) is 2.60. The maximum Gasteiger partial charge on any atom is 0.213 e. The monoisotopic (exact) mass is 257 g/mol. The van der Waals surface area contributed by atoms with Gasteiger partial charge < -0.3 is 0 Å². The molecule has 0 N–H and O–H groups in total. The Morgan fingerprint density at radius 2 is 1.89 bits per heavy atom. The fraction of sp³-hybridized carbons (Fsp3) is 0. The lowest BCUT2D eigenvalue weighted by Gasteiger charge is -2.00. The zero-order chi connectivity index (χ0) is 12.5. The van der Waals surface area contributed by atoms with Crippen molar-refractivity contribution in [3.63, 3.8) is 0 Å². The van der Waals surface area contributed by atoms with E-state index in [9.17, 15) is 4.79 Å². The van der Waals surface area contributed by atoms with E-state index in [0.29, 0.717) is 22.1 Å². The quantitative estimate of drug-likeness (QED) is 0.663. The van der Waals surface area contributed by atoms with Crippen LogP contribution in [0.4, 0.5) is 0 Å². The van der Waals surface area contributed by atoms with Crippen LogP contribution in [0.2, 0.25) is 5.15 Å². The summed E-state index contributed by atoms with van der Waals surface area (Å²) in [6.07, 6.45) is 1.51. The smallest absolute Gasteiger partial charge is 0.213 e. The summed E-state index contributed by atoms with van der Waals surface area (Å²) < 4.78 is 1.46.